The van der Waals surface area contributed by atoms with Crippen molar-refractivity contribution in [3.63, 3.8) is 0 Å². The highest BCUT2D eigenvalue weighted by Crippen LogP contribution is 2.38. The Balaban J connectivity index is 1.70. The maximum Gasteiger partial charge on any atom is 0.350 e. The van der Waals surface area contributed by atoms with E-state index in [4.69, 9.17) is 9.47 Å². The van der Waals surface area contributed by atoms with Crippen LogP contribution in [-0.2, 0) is 19.1 Å². The number of carbonyl (C=O) groups excluding carboxylic acids is 2. The molecule has 3 aliphatic heterocycles. The van der Waals surface area contributed by atoms with Gasteiger partial charge in [-0.3, -0.25) is 9.69 Å². The minimum absolute atomic E-state index is 0.0178. The van der Waals surface area contributed by atoms with Crippen LogP contribution < -0.4 is 0 Å². The van der Waals surface area contributed by atoms with Crippen LogP contribution in [0.1, 0.15) is 40.0 Å². The van der Waals surface area contributed by atoms with Crippen molar-refractivity contribution in [1.82, 2.24) is 4.90 Å². The Labute approximate surface area is 142 Å². The summed E-state index contributed by atoms with van der Waals surface area (Å²) in [6.45, 7) is 7.16. The van der Waals surface area contributed by atoms with Crippen LogP contribution in [0.2, 0.25) is 0 Å². The second kappa shape index (κ2) is 6.48. The van der Waals surface area contributed by atoms with Crippen molar-refractivity contribution in [2.45, 2.75) is 57.8 Å². The summed E-state index contributed by atoms with van der Waals surface area (Å²) in [5.74, 6) is -0.989. The second-order valence-corrected chi connectivity index (χ2v) is 7.38. The molecule has 134 valence electrons. The molecule has 3 heterocycles. The first-order valence-corrected chi connectivity index (χ1v) is 8.88. The third kappa shape index (κ3) is 2.75. The van der Waals surface area contributed by atoms with Crippen molar-refractivity contribution in [2.24, 2.45) is 11.8 Å². The summed E-state index contributed by atoms with van der Waals surface area (Å²) in [6, 6.07) is -0.0412. The lowest BCUT2D eigenvalue weighted by atomic mass is 9.79. The Morgan fingerprint density at radius 3 is 2.96 bits per heavy atom. The first-order valence-electron chi connectivity index (χ1n) is 8.88. The maximum atomic E-state index is 12.8. The number of carbonyl (C=O) groups is 2. The van der Waals surface area contributed by atoms with Crippen LogP contribution in [0, 0.1) is 11.8 Å². The molecule has 1 N–H and O–H groups in total. The molecule has 2 saturated heterocycles. The fraction of sp³-hybridized carbons (Fsp3) is 0.778. The van der Waals surface area contributed by atoms with E-state index in [0.717, 1.165) is 31.5 Å². The standard InChI is InChI=1S/C18H27NO5/c1-4-12-9-11(2)18(3,24-16(12)21)17(22)23-14-6-8-19-7-5-13(10-20)15(14)19/h5,11-12,14-15,20H,4,6-10H2,1-3H3. The van der Waals surface area contributed by atoms with Gasteiger partial charge >= 0.3 is 11.9 Å². The van der Waals surface area contributed by atoms with Crippen LogP contribution in [-0.4, -0.2) is 59.4 Å². The number of nitrogens with zero attached hydrogens (tertiary/aromatic N) is 1. The third-order valence-electron chi connectivity index (χ3n) is 5.98. The molecule has 5 atom stereocenters. The molecule has 5 unspecified atom stereocenters. The van der Waals surface area contributed by atoms with Gasteiger partial charge in [0.25, 0.3) is 0 Å². The van der Waals surface area contributed by atoms with Gasteiger partial charge in [0.05, 0.1) is 18.6 Å². The predicted molar refractivity (Wildman–Crippen MR) is 87.1 cm³/mol. The summed E-state index contributed by atoms with van der Waals surface area (Å²) in [4.78, 5) is 27.1. The summed E-state index contributed by atoms with van der Waals surface area (Å²) < 4.78 is 11.3. The minimum atomic E-state index is -1.22. The van der Waals surface area contributed by atoms with Crippen molar-refractivity contribution in [3.05, 3.63) is 11.6 Å². The Morgan fingerprint density at radius 1 is 1.54 bits per heavy atom. The monoisotopic (exact) mass is 337 g/mol. The highest BCUT2D eigenvalue weighted by molar-refractivity contribution is 5.85. The third-order valence-corrected chi connectivity index (χ3v) is 5.98. The van der Waals surface area contributed by atoms with E-state index in [0.29, 0.717) is 6.42 Å². The number of rotatable bonds is 4. The molecule has 0 bridgehead atoms. The van der Waals surface area contributed by atoms with E-state index in [1.807, 2.05) is 19.9 Å². The van der Waals surface area contributed by atoms with Gasteiger partial charge in [-0.25, -0.2) is 4.79 Å². The molecule has 0 amide bonds. The summed E-state index contributed by atoms with van der Waals surface area (Å²) in [5.41, 5.74) is -0.312. The second-order valence-electron chi connectivity index (χ2n) is 7.38. The molecule has 3 rings (SSSR count). The number of aliphatic hydroxyl groups excluding tert-OH is 1. The molecular formula is C18H27NO5. The molecule has 24 heavy (non-hydrogen) atoms. The van der Waals surface area contributed by atoms with Crippen LogP contribution in [0.15, 0.2) is 11.6 Å². The fourth-order valence-corrected chi connectivity index (χ4v) is 4.11. The average molecular weight is 337 g/mol. The van der Waals surface area contributed by atoms with Gasteiger partial charge in [-0.15, -0.1) is 0 Å². The van der Waals surface area contributed by atoms with Crippen LogP contribution >= 0.6 is 0 Å². The number of ether oxygens (including phenoxy) is 2. The quantitative estimate of drug-likeness (QED) is 0.615. The zero-order chi connectivity index (χ0) is 17.5. The molecule has 6 nitrogen and oxygen atoms in total. The molecule has 0 aromatic heterocycles. The van der Waals surface area contributed by atoms with Crippen LogP contribution in [0.4, 0.5) is 0 Å². The van der Waals surface area contributed by atoms with Gasteiger partial charge in [-0.05, 0) is 31.8 Å². The summed E-state index contributed by atoms with van der Waals surface area (Å²) in [6.07, 6.45) is 3.82. The number of hydrogen-bond acceptors (Lipinski definition) is 6. The number of esters is 2. The summed E-state index contributed by atoms with van der Waals surface area (Å²) in [5, 5.41) is 9.49. The van der Waals surface area contributed by atoms with Gasteiger partial charge in [-0.1, -0.05) is 19.9 Å². The van der Waals surface area contributed by atoms with E-state index >= 15 is 0 Å². The molecule has 0 aromatic carbocycles. The summed E-state index contributed by atoms with van der Waals surface area (Å²) in [7, 11) is 0. The van der Waals surface area contributed by atoms with E-state index in [1.54, 1.807) is 6.92 Å². The van der Waals surface area contributed by atoms with Crippen molar-refractivity contribution < 1.29 is 24.2 Å². The lowest BCUT2D eigenvalue weighted by Gasteiger charge is -2.40. The van der Waals surface area contributed by atoms with Crippen molar-refractivity contribution in [2.75, 3.05) is 19.7 Å². The number of cyclic esters (lactones) is 1. The largest absolute Gasteiger partial charge is 0.457 e. The topological polar surface area (TPSA) is 76.1 Å². The lowest BCUT2D eigenvalue weighted by molar-refractivity contribution is -0.202. The smallest absolute Gasteiger partial charge is 0.350 e. The van der Waals surface area contributed by atoms with Crippen LogP contribution in [0.25, 0.3) is 0 Å². The summed E-state index contributed by atoms with van der Waals surface area (Å²) >= 11 is 0. The van der Waals surface area contributed by atoms with Crippen LogP contribution in [0.5, 0.6) is 0 Å². The van der Waals surface area contributed by atoms with Crippen molar-refractivity contribution >= 4 is 11.9 Å². The molecular weight excluding hydrogens is 310 g/mol. The predicted octanol–water partition coefficient (Wildman–Crippen LogP) is 1.27. The maximum absolute atomic E-state index is 12.8. The van der Waals surface area contributed by atoms with E-state index in [1.165, 1.54) is 0 Å². The molecule has 0 radical (unpaired) electrons. The van der Waals surface area contributed by atoms with E-state index < -0.39 is 11.6 Å². The number of aliphatic hydroxyl groups is 1. The molecule has 0 spiro atoms. The minimum Gasteiger partial charge on any atom is -0.457 e. The van der Waals surface area contributed by atoms with Gasteiger partial charge in [0.1, 0.15) is 6.10 Å². The Hall–Kier alpha value is -1.40. The molecule has 6 heteroatoms. The average Bonchev–Trinajstić information content (AvgIpc) is 3.13. The van der Waals surface area contributed by atoms with Crippen molar-refractivity contribution in [3.8, 4) is 0 Å². The molecule has 0 aliphatic carbocycles. The van der Waals surface area contributed by atoms with Gasteiger partial charge in [-0.2, -0.15) is 0 Å². The Kier molecular flexibility index (Phi) is 4.71. The van der Waals surface area contributed by atoms with Gasteiger partial charge in [0.15, 0.2) is 0 Å². The van der Waals surface area contributed by atoms with Crippen molar-refractivity contribution in [1.29, 1.82) is 0 Å². The highest BCUT2D eigenvalue weighted by Gasteiger charge is 2.52. The molecule has 0 aromatic rings. The SMILES string of the molecule is CCC1CC(C)C(C)(C(=O)OC2CCN3CC=C(CO)C23)OC1=O. The first-order chi connectivity index (χ1) is 11.4. The number of fused-ring (bicyclic) bond motifs is 1. The molecule has 2 fully saturated rings. The first kappa shape index (κ1) is 17.4. The zero-order valence-electron chi connectivity index (χ0n) is 14.7. The molecule has 0 saturated carbocycles. The van der Waals surface area contributed by atoms with E-state index in [2.05, 4.69) is 4.90 Å². The van der Waals surface area contributed by atoms with Gasteiger partial charge in [0, 0.05) is 19.0 Å². The Morgan fingerprint density at radius 2 is 2.29 bits per heavy atom. The van der Waals surface area contributed by atoms with Gasteiger partial charge in [0.2, 0.25) is 5.60 Å². The Bertz CT molecular complexity index is 560. The molecule has 3 aliphatic rings. The zero-order valence-corrected chi connectivity index (χ0v) is 14.7. The van der Waals surface area contributed by atoms with Crippen LogP contribution in [0.3, 0.4) is 0 Å². The van der Waals surface area contributed by atoms with E-state index in [-0.39, 0.29) is 36.6 Å². The normalized spacial score (nSPS) is 39.3. The highest BCUT2D eigenvalue weighted by atomic mass is 16.6. The fourth-order valence-electron chi connectivity index (χ4n) is 4.11. The van der Waals surface area contributed by atoms with Gasteiger partial charge < -0.3 is 14.6 Å². The number of hydrogen-bond donors (Lipinski definition) is 1. The lowest BCUT2D eigenvalue weighted by Crippen LogP contribution is -2.54. The van der Waals surface area contributed by atoms with E-state index in [9.17, 15) is 14.7 Å².